The van der Waals surface area contributed by atoms with Crippen molar-refractivity contribution in [1.29, 1.82) is 0 Å². The zero-order valence-electron chi connectivity index (χ0n) is 13.8. The zero-order valence-corrected chi connectivity index (χ0v) is 14.8. The van der Waals surface area contributed by atoms with E-state index in [0.717, 1.165) is 19.6 Å². The molecule has 0 aromatic heterocycles. The van der Waals surface area contributed by atoms with E-state index in [1.807, 2.05) is 6.07 Å². The molecule has 112 valence electrons. The molecular weight excluding hydrogens is 260 g/mol. The van der Waals surface area contributed by atoms with Crippen LogP contribution >= 0.6 is 0 Å². The van der Waals surface area contributed by atoms with Crippen molar-refractivity contribution in [2.75, 3.05) is 6.61 Å². The maximum Gasteiger partial charge on any atom is 0.0720 e. The quantitative estimate of drug-likeness (QED) is 0.457. The Hall–Kier alpha value is -0.863. The average Bonchev–Trinajstić information content (AvgIpc) is 2.41. The molecule has 0 unspecified atom stereocenters. The Balaban J connectivity index is 2.33. The SMILES string of the molecule is CC/C(=C/[C@H](C)CCOCc1ccccc1)[Si](C)(C)C. The molecule has 0 heterocycles. The Labute approximate surface area is 126 Å². The highest BCUT2D eigenvalue weighted by molar-refractivity contribution is 6.83. The Morgan fingerprint density at radius 2 is 1.85 bits per heavy atom. The highest BCUT2D eigenvalue weighted by atomic mass is 28.3. The number of rotatable bonds is 8. The van der Waals surface area contributed by atoms with Crippen molar-refractivity contribution in [3.8, 4) is 0 Å². The molecule has 0 aliphatic carbocycles. The molecule has 0 amide bonds. The van der Waals surface area contributed by atoms with E-state index in [1.54, 1.807) is 5.20 Å². The van der Waals surface area contributed by atoms with Crippen LogP contribution in [0.15, 0.2) is 41.6 Å². The van der Waals surface area contributed by atoms with Gasteiger partial charge in [0.05, 0.1) is 14.7 Å². The van der Waals surface area contributed by atoms with Crippen molar-refractivity contribution in [2.24, 2.45) is 5.92 Å². The minimum absolute atomic E-state index is 0.618. The Bertz CT molecular complexity index is 403. The lowest BCUT2D eigenvalue weighted by Crippen LogP contribution is -2.24. The van der Waals surface area contributed by atoms with Gasteiger partial charge in [-0.15, -0.1) is 0 Å². The van der Waals surface area contributed by atoms with Crippen LogP contribution in [-0.2, 0) is 11.3 Å². The molecule has 1 aromatic carbocycles. The highest BCUT2D eigenvalue weighted by Crippen LogP contribution is 2.21. The van der Waals surface area contributed by atoms with Crippen LogP contribution in [0.5, 0.6) is 0 Å². The summed E-state index contributed by atoms with van der Waals surface area (Å²) in [6, 6.07) is 10.4. The van der Waals surface area contributed by atoms with Gasteiger partial charge in [-0.05, 0) is 24.3 Å². The molecule has 0 radical (unpaired) electrons. The minimum atomic E-state index is -1.13. The number of benzene rings is 1. The van der Waals surface area contributed by atoms with Crippen LogP contribution in [0.25, 0.3) is 0 Å². The Kier molecular flexibility index (Phi) is 7.24. The lowest BCUT2D eigenvalue weighted by molar-refractivity contribution is 0.113. The molecule has 0 aliphatic rings. The zero-order chi connectivity index (χ0) is 15.0. The molecule has 2 heteroatoms. The first-order valence-electron chi connectivity index (χ1n) is 7.76. The molecule has 0 fully saturated rings. The van der Waals surface area contributed by atoms with E-state index in [2.05, 4.69) is 63.8 Å². The van der Waals surface area contributed by atoms with Gasteiger partial charge in [0, 0.05) is 6.61 Å². The van der Waals surface area contributed by atoms with E-state index in [1.165, 1.54) is 12.0 Å². The summed E-state index contributed by atoms with van der Waals surface area (Å²) in [5, 5.41) is 1.69. The second-order valence-electron chi connectivity index (χ2n) is 6.60. The predicted molar refractivity (Wildman–Crippen MR) is 91.6 cm³/mol. The summed E-state index contributed by atoms with van der Waals surface area (Å²) >= 11 is 0. The molecule has 0 aliphatic heterocycles. The normalized spacial score (nSPS) is 14.3. The number of hydrogen-bond acceptors (Lipinski definition) is 1. The first kappa shape index (κ1) is 17.2. The fraction of sp³-hybridized carbons (Fsp3) is 0.556. The fourth-order valence-corrected chi connectivity index (χ4v) is 4.20. The van der Waals surface area contributed by atoms with Crippen LogP contribution in [0.2, 0.25) is 19.6 Å². The third-order valence-electron chi connectivity index (χ3n) is 3.66. The van der Waals surface area contributed by atoms with Gasteiger partial charge in [-0.1, -0.05) is 75.1 Å². The van der Waals surface area contributed by atoms with Crippen LogP contribution in [0.1, 0.15) is 32.3 Å². The summed E-state index contributed by atoms with van der Waals surface area (Å²) in [6.45, 7) is 13.5. The maximum atomic E-state index is 5.77. The largest absolute Gasteiger partial charge is 0.377 e. The summed E-state index contributed by atoms with van der Waals surface area (Å²) in [6.07, 6.45) is 4.81. The minimum Gasteiger partial charge on any atom is -0.377 e. The van der Waals surface area contributed by atoms with Crippen molar-refractivity contribution in [1.82, 2.24) is 0 Å². The van der Waals surface area contributed by atoms with Gasteiger partial charge in [0.1, 0.15) is 0 Å². The smallest absolute Gasteiger partial charge is 0.0720 e. The molecule has 1 nitrogen and oxygen atoms in total. The molecular formula is C18H30OSi. The van der Waals surface area contributed by atoms with Gasteiger partial charge < -0.3 is 4.74 Å². The highest BCUT2D eigenvalue weighted by Gasteiger charge is 2.18. The van der Waals surface area contributed by atoms with E-state index < -0.39 is 8.07 Å². The van der Waals surface area contributed by atoms with Crippen LogP contribution in [0.4, 0.5) is 0 Å². The average molecular weight is 291 g/mol. The monoisotopic (exact) mass is 290 g/mol. The summed E-state index contributed by atoms with van der Waals surface area (Å²) < 4.78 is 5.77. The van der Waals surface area contributed by atoms with Gasteiger partial charge in [-0.3, -0.25) is 0 Å². The molecule has 20 heavy (non-hydrogen) atoms. The van der Waals surface area contributed by atoms with E-state index in [0.29, 0.717) is 5.92 Å². The van der Waals surface area contributed by atoms with Crippen LogP contribution in [0.3, 0.4) is 0 Å². The van der Waals surface area contributed by atoms with Gasteiger partial charge >= 0.3 is 0 Å². The van der Waals surface area contributed by atoms with Gasteiger partial charge in [0.25, 0.3) is 0 Å². The summed E-state index contributed by atoms with van der Waals surface area (Å²) in [4.78, 5) is 0. The van der Waals surface area contributed by atoms with E-state index in [4.69, 9.17) is 4.74 Å². The Morgan fingerprint density at radius 1 is 1.20 bits per heavy atom. The van der Waals surface area contributed by atoms with Gasteiger partial charge in [0.2, 0.25) is 0 Å². The van der Waals surface area contributed by atoms with Gasteiger partial charge in [0.15, 0.2) is 0 Å². The van der Waals surface area contributed by atoms with Crippen molar-refractivity contribution in [3.05, 3.63) is 47.2 Å². The molecule has 0 bridgehead atoms. The molecule has 0 spiro atoms. The second-order valence-corrected chi connectivity index (χ2v) is 11.7. The van der Waals surface area contributed by atoms with Crippen molar-refractivity contribution in [3.63, 3.8) is 0 Å². The van der Waals surface area contributed by atoms with Crippen molar-refractivity contribution >= 4 is 8.07 Å². The third-order valence-corrected chi connectivity index (χ3v) is 6.11. The van der Waals surface area contributed by atoms with E-state index in [-0.39, 0.29) is 0 Å². The topological polar surface area (TPSA) is 9.23 Å². The second kappa shape index (κ2) is 8.43. The molecule has 1 aromatic rings. The van der Waals surface area contributed by atoms with E-state index in [9.17, 15) is 0 Å². The standard InChI is InChI=1S/C18H30OSi/c1-6-18(20(3,4)5)14-16(2)12-13-19-15-17-10-8-7-9-11-17/h7-11,14,16H,6,12-13,15H2,1-5H3/b18-14-/t16-/m1/s1. The molecule has 0 saturated carbocycles. The maximum absolute atomic E-state index is 5.77. The lowest BCUT2D eigenvalue weighted by atomic mass is 10.1. The van der Waals surface area contributed by atoms with Crippen LogP contribution in [-0.4, -0.2) is 14.7 Å². The first-order valence-corrected chi connectivity index (χ1v) is 11.3. The summed E-state index contributed by atoms with van der Waals surface area (Å²) in [5.74, 6) is 0.618. The van der Waals surface area contributed by atoms with Gasteiger partial charge in [-0.2, -0.15) is 0 Å². The first-order chi connectivity index (χ1) is 9.43. The summed E-state index contributed by atoms with van der Waals surface area (Å²) in [5.41, 5.74) is 1.26. The van der Waals surface area contributed by atoms with Crippen LogP contribution in [0, 0.1) is 5.92 Å². The third kappa shape index (κ3) is 6.53. The molecule has 1 atom stereocenters. The predicted octanol–water partition coefficient (Wildman–Crippen LogP) is 5.44. The number of hydrogen-bond donors (Lipinski definition) is 0. The van der Waals surface area contributed by atoms with E-state index >= 15 is 0 Å². The summed E-state index contributed by atoms with van der Waals surface area (Å²) in [7, 11) is -1.13. The van der Waals surface area contributed by atoms with Crippen LogP contribution < -0.4 is 0 Å². The molecule has 0 saturated heterocycles. The Morgan fingerprint density at radius 3 is 2.40 bits per heavy atom. The lowest BCUT2D eigenvalue weighted by Gasteiger charge is -2.21. The molecule has 0 N–H and O–H groups in total. The number of ether oxygens (including phenoxy) is 1. The van der Waals surface area contributed by atoms with Gasteiger partial charge in [-0.25, -0.2) is 0 Å². The van der Waals surface area contributed by atoms with Crippen molar-refractivity contribution in [2.45, 2.75) is 52.9 Å². The van der Waals surface area contributed by atoms with Crippen molar-refractivity contribution < 1.29 is 4.74 Å². The fourth-order valence-electron chi connectivity index (χ4n) is 2.36. The number of allylic oxidation sites excluding steroid dienone is 2. The molecule has 1 rings (SSSR count).